The predicted molar refractivity (Wildman–Crippen MR) is 64.8 cm³/mol. The third-order valence-electron chi connectivity index (χ3n) is 1.42. The first-order chi connectivity index (χ1) is 5.18. The molecule has 3 heteroatoms. The van der Waals surface area contributed by atoms with Gasteiger partial charge in [-0.05, 0) is 12.5 Å². The van der Waals surface area contributed by atoms with Crippen LogP contribution in [0, 0.1) is 6.92 Å². The summed E-state index contributed by atoms with van der Waals surface area (Å²) >= 11 is 4.55. The van der Waals surface area contributed by atoms with E-state index in [0.717, 1.165) is 6.54 Å². The lowest BCUT2D eigenvalue weighted by molar-refractivity contribution is 0.833. The number of aryl methyl sites for hydroxylation is 1. The van der Waals surface area contributed by atoms with Gasteiger partial charge in [-0.25, -0.2) is 0 Å². The number of benzene rings is 1. The van der Waals surface area contributed by atoms with E-state index in [1.165, 1.54) is 11.1 Å². The first-order valence-electron chi connectivity index (χ1n) is 3.33. The summed E-state index contributed by atoms with van der Waals surface area (Å²) in [6.45, 7) is 3.11. The van der Waals surface area contributed by atoms with Gasteiger partial charge in [0.2, 0.25) is 0 Å². The van der Waals surface area contributed by atoms with Crippen LogP contribution in [0.15, 0.2) is 24.3 Å². The van der Waals surface area contributed by atoms with Crippen molar-refractivity contribution in [3.05, 3.63) is 35.4 Å². The topological polar surface area (TPSA) is 3.24 Å². The third-order valence-corrected chi connectivity index (χ3v) is 2.10. The van der Waals surface area contributed by atoms with Gasteiger partial charge in [-0.15, -0.1) is 0 Å². The Morgan fingerprint density at radius 1 is 1.18 bits per heavy atom. The number of hydrogen-bond donors (Lipinski definition) is 0. The van der Waals surface area contributed by atoms with Crippen molar-refractivity contribution in [3.63, 3.8) is 0 Å². The van der Waals surface area contributed by atoms with Crippen LogP contribution in [0.5, 0.6) is 0 Å². The number of hydrogen-bond acceptors (Lipinski definition) is 1. The van der Waals surface area contributed by atoms with E-state index in [1.807, 2.05) is 0 Å². The highest BCUT2D eigenvalue weighted by atomic mass is 127. The van der Waals surface area contributed by atoms with Crippen molar-refractivity contribution in [3.8, 4) is 0 Å². The zero-order chi connectivity index (χ0) is 8.27. The van der Waals surface area contributed by atoms with Gasteiger partial charge in [-0.3, -0.25) is 0 Å². The Morgan fingerprint density at radius 3 is 2.18 bits per heavy atom. The Labute approximate surface area is 95.2 Å². The second kappa shape index (κ2) is 4.61. The minimum atomic E-state index is 1.00. The van der Waals surface area contributed by atoms with Gasteiger partial charge in [0.05, 0.1) is 0 Å². The average molecular weight is 373 g/mol. The Bertz CT molecular complexity index is 218. The van der Waals surface area contributed by atoms with Gasteiger partial charge in [0.1, 0.15) is 0 Å². The highest BCUT2D eigenvalue weighted by molar-refractivity contribution is 14.2. The normalized spacial score (nSPS) is 10.5. The Kier molecular flexibility index (Phi) is 4.08. The first-order valence-corrected chi connectivity index (χ1v) is 5.26. The van der Waals surface area contributed by atoms with Crippen LogP contribution in [0.2, 0.25) is 0 Å². The number of rotatable bonds is 2. The number of halogens is 2. The molecule has 0 saturated heterocycles. The molecule has 0 amide bonds. The molecule has 0 aliphatic rings. The Hall–Kier alpha value is 0.640. The lowest BCUT2D eigenvalue weighted by atomic mass is 10.2. The second-order valence-electron chi connectivity index (χ2n) is 2.45. The van der Waals surface area contributed by atoms with Crippen LogP contribution < -0.4 is 0 Å². The fraction of sp³-hybridized carbons (Fsp3) is 0.250. The lowest BCUT2D eigenvalue weighted by Crippen LogP contribution is -1.94. The lowest BCUT2D eigenvalue weighted by Gasteiger charge is -2.04. The maximum absolute atomic E-state index is 2.27. The van der Waals surface area contributed by atoms with Gasteiger partial charge < -0.3 is 0 Å². The molecule has 0 unspecified atom stereocenters. The molecule has 0 atom stereocenters. The van der Waals surface area contributed by atoms with Gasteiger partial charge in [-0.2, -0.15) is 1.33 Å². The van der Waals surface area contributed by atoms with Crippen molar-refractivity contribution in [2.75, 3.05) is 0 Å². The zero-order valence-corrected chi connectivity index (χ0v) is 10.5. The minimum Gasteiger partial charge on any atom is -0.184 e. The molecule has 1 rings (SSSR count). The molecule has 0 aliphatic carbocycles. The van der Waals surface area contributed by atoms with E-state index >= 15 is 0 Å². The van der Waals surface area contributed by atoms with E-state index in [2.05, 4.69) is 78.2 Å². The molecule has 0 saturated carbocycles. The monoisotopic (exact) mass is 373 g/mol. The van der Waals surface area contributed by atoms with E-state index in [1.54, 1.807) is 0 Å². The van der Waals surface area contributed by atoms with Crippen LogP contribution in [0.3, 0.4) is 0 Å². The SMILES string of the molecule is Cc1ccc(CN(I)I)cc1. The summed E-state index contributed by atoms with van der Waals surface area (Å²) in [5.74, 6) is 0. The quantitative estimate of drug-likeness (QED) is 0.567. The molecule has 0 bridgehead atoms. The molecular formula is C8H9I2N. The van der Waals surface area contributed by atoms with Crippen LogP contribution in [-0.4, -0.2) is 1.33 Å². The molecule has 0 heterocycles. The molecule has 1 aromatic carbocycles. The molecule has 60 valence electrons. The highest BCUT2D eigenvalue weighted by Gasteiger charge is 1.95. The predicted octanol–water partition coefficient (Wildman–Crippen LogP) is 3.50. The molecule has 0 aromatic heterocycles. The van der Waals surface area contributed by atoms with Crippen molar-refractivity contribution in [1.29, 1.82) is 0 Å². The summed E-state index contributed by atoms with van der Waals surface area (Å²) in [5, 5.41) is 0. The van der Waals surface area contributed by atoms with Gasteiger partial charge in [0.25, 0.3) is 0 Å². The second-order valence-corrected chi connectivity index (χ2v) is 6.62. The fourth-order valence-corrected chi connectivity index (χ4v) is 1.62. The molecule has 11 heavy (non-hydrogen) atoms. The maximum atomic E-state index is 2.27. The van der Waals surface area contributed by atoms with Crippen LogP contribution >= 0.6 is 45.7 Å². The van der Waals surface area contributed by atoms with Gasteiger partial charge in [0, 0.05) is 52.3 Å². The summed E-state index contributed by atoms with van der Waals surface area (Å²) in [6, 6.07) is 8.62. The largest absolute Gasteiger partial charge is 0.184 e. The van der Waals surface area contributed by atoms with E-state index in [-0.39, 0.29) is 0 Å². The molecular weight excluding hydrogens is 364 g/mol. The van der Waals surface area contributed by atoms with Gasteiger partial charge in [-0.1, -0.05) is 29.8 Å². The van der Waals surface area contributed by atoms with Crippen LogP contribution in [-0.2, 0) is 6.54 Å². The van der Waals surface area contributed by atoms with Crippen molar-refractivity contribution in [2.45, 2.75) is 13.5 Å². The van der Waals surface area contributed by atoms with E-state index in [9.17, 15) is 0 Å². The van der Waals surface area contributed by atoms with Crippen molar-refractivity contribution >= 4 is 45.7 Å². The van der Waals surface area contributed by atoms with E-state index in [0.29, 0.717) is 0 Å². The maximum Gasteiger partial charge on any atom is 0.0435 e. The minimum absolute atomic E-state index is 1.00. The summed E-state index contributed by atoms with van der Waals surface area (Å²) in [5.41, 5.74) is 2.68. The summed E-state index contributed by atoms with van der Waals surface area (Å²) in [4.78, 5) is 0. The summed E-state index contributed by atoms with van der Waals surface area (Å²) in [6.07, 6.45) is 0. The van der Waals surface area contributed by atoms with E-state index < -0.39 is 0 Å². The summed E-state index contributed by atoms with van der Waals surface area (Å²) in [7, 11) is 0. The zero-order valence-electron chi connectivity index (χ0n) is 6.22. The highest BCUT2D eigenvalue weighted by Crippen LogP contribution is 2.14. The standard InChI is InChI=1S/C8H9I2N/c1-7-2-4-8(5-3-7)6-11(9)10/h2-5H,6H2,1H3. The summed E-state index contributed by atoms with van der Waals surface area (Å²) < 4.78 is 2.11. The fourth-order valence-electron chi connectivity index (χ4n) is 0.832. The Morgan fingerprint density at radius 2 is 1.73 bits per heavy atom. The number of nitrogens with zero attached hydrogens (tertiary/aromatic N) is 1. The van der Waals surface area contributed by atoms with Crippen molar-refractivity contribution in [1.82, 2.24) is 1.33 Å². The van der Waals surface area contributed by atoms with Crippen LogP contribution in [0.1, 0.15) is 11.1 Å². The van der Waals surface area contributed by atoms with Gasteiger partial charge >= 0.3 is 0 Å². The molecule has 0 aliphatic heterocycles. The first kappa shape index (κ1) is 9.73. The molecule has 0 N–H and O–H groups in total. The van der Waals surface area contributed by atoms with Crippen LogP contribution in [0.25, 0.3) is 0 Å². The third kappa shape index (κ3) is 3.71. The molecule has 1 aromatic rings. The van der Waals surface area contributed by atoms with E-state index in [4.69, 9.17) is 0 Å². The molecule has 0 radical (unpaired) electrons. The van der Waals surface area contributed by atoms with Crippen LogP contribution in [0.4, 0.5) is 0 Å². The molecule has 0 spiro atoms. The molecule has 0 fully saturated rings. The average Bonchev–Trinajstić information content (AvgIpc) is 1.93. The van der Waals surface area contributed by atoms with Crippen molar-refractivity contribution in [2.24, 2.45) is 0 Å². The van der Waals surface area contributed by atoms with Gasteiger partial charge in [0.15, 0.2) is 0 Å². The van der Waals surface area contributed by atoms with Crippen molar-refractivity contribution < 1.29 is 0 Å². The molecule has 1 nitrogen and oxygen atoms in total. The Balaban J connectivity index is 2.66. The smallest absolute Gasteiger partial charge is 0.0435 e.